The van der Waals surface area contributed by atoms with E-state index in [4.69, 9.17) is 0 Å². The maximum atomic E-state index is 12.4. The lowest BCUT2D eigenvalue weighted by atomic mass is 9.89. The van der Waals surface area contributed by atoms with Gasteiger partial charge in [-0.3, -0.25) is 14.5 Å². The van der Waals surface area contributed by atoms with Crippen LogP contribution in [0.4, 0.5) is 5.00 Å². The van der Waals surface area contributed by atoms with E-state index in [-0.39, 0.29) is 11.8 Å². The van der Waals surface area contributed by atoms with Gasteiger partial charge in [-0.15, -0.1) is 11.3 Å². The summed E-state index contributed by atoms with van der Waals surface area (Å²) in [6, 6.07) is 2.28. The van der Waals surface area contributed by atoms with Gasteiger partial charge in [-0.05, 0) is 30.7 Å². The lowest BCUT2D eigenvalue weighted by molar-refractivity contribution is -0.130. The predicted molar refractivity (Wildman–Crippen MR) is 97.5 cm³/mol. The third kappa shape index (κ3) is 4.02. The summed E-state index contributed by atoms with van der Waals surface area (Å²) < 4.78 is 0. The van der Waals surface area contributed by atoms with E-state index in [9.17, 15) is 14.9 Å². The minimum Gasteiger partial charge on any atom is -0.340 e. The van der Waals surface area contributed by atoms with E-state index in [0.29, 0.717) is 49.2 Å². The highest BCUT2D eigenvalue weighted by Crippen LogP contribution is 2.39. The van der Waals surface area contributed by atoms with E-state index in [1.54, 1.807) is 23.2 Å². The second-order valence-corrected chi connectivity index (χ2v) is 8.10. The minimum absolute atomic E-state index is 0.0839. The second-order valence-electron chi connectivity index (χ2n) is 7.00. The molecule has 0 spiro atoms. The van der Waals surface area contributed by atoms with Crippen molar-refractivity contribution in [2.45, 2.75) is 33.1 Å². The Balaban J connectivity index is 1.60. The Morgan fingerprint density at radius 2 is 2.04 bits per heavy atom. The standard InChI is InChI=1S/C18H24N4O2S/c1-12-3-4-14-15(10-19)18(25-16(14)9-12)20-17(24)11-21-5-7-22(8-6-21)13(2)23/h12H,3-9,11H2,1-2H3,(H,20,24)/t12-/m1/s1. The number of carbonyl (C=O) groups is 2. The van der Waals surface area contributed by atoms with Gasteiger partial charge < -0.3 is 10.2 Å². The van der Waals surface area contributed by atoms with Crippen LogP contribution in [-0.2, 0) is 22.4 Å². The molecule has 1 saturated heterocycles. The fourth-order valence-corrected chi connectivity index (χ4v) is 4.92. The van der Waals surface area contributed by atoms with Crippen molar-refractivity contribution in [1.29, 1.82) is 5.26 Å². The molecule has 1 fully saturated rings. The molecule has 1 aliphatic heterocycles. The topological polar surface area (TPSA) is 76.4 Å². The number of thiophene rings is 1. The number of fused-ring (bicyclic) bond motifs is 1. The highest BCUT2D eigenvalue weighted by molar-refractivity contribution is 7.16. The molecule has 0 unspecified atom stereocenters. The van der Waals surface area contributed by atoms with Gasteiger partial charge in [0.1, 0.15) is 11.1 Å². The Morgan fingerprint density at radius 3 is 2.68 bits per heavy atom. The number of hydrogen-bond acceptors (Lipinski definition) is 5. The third-order valence-corrected chi connectivity index (χ3v) is 6.23. The van der Waals surface area contributed by atoms with Gasteiger partial charge in [-0.1, -0.05) is 6.92 Å². The first-order valence-corrected chi connectivity index (χ1v) is 9.62. The van der Waals surface area contributed by atoms with Gasteiger partial charge >= 0.3 is 0 Å². The van der Waals surface area contributed by atoms with Crippen LogP contribution in [0.15, 0.2) is 0 Å². The third-order valence-electron chi connectivity index (χ3n) is 5.06. The normalized spacial score (nSPS) is 20.7. The number of piperazine rings is 1. The Kier molecular flexibility index (Phi) is 5.40. The first kappa shape index (κ1) is 17.9. The molecule has 1 aromatic rings. The van der Waals surface area contributed by atoms with Gasteiger partial charge in [0.25, 0.3) is 0 Å². The van der Waals surface area contributed by atoms with Gasteiger partial charge in [0.05, 0.1) is 12.1 Å². The van der Waals surface area contributed by atoms with Crippen molar-refractivity contribution in [2.75, 3.05) is 38.0 Å². The van der Waals surface area contributed by atoms with Gasteiger partial charge in [-0.25, -0.2) is 0 Å². The first-order valence-electron chi connectivity index (χ1n) is 8.80. The predicted octanol–water partition coefficient (Wildman–Crippen LogP) is 1.85. The molecule has 2 heterocycles. The van der Waals surface area contributed by atoms with Crippen molar-refractivity contribution in [3.63, 3.8) is 0 Å². The molecule has 25 heavy (non-hydrogen) atoms. The largest absolute Gasteiger partial charge is 0.340 e. The number of rotatable bonds is 3. The molecule has 1 N–H and O–H groups in total. The highest BCUT2D eigenvalue weighted by Gasteiger charge is 2.25. The van der Waals surface area contributed by atoms with E-state index >= 15 is 0 Å². The van der Waals surface area contributed by atoms with Gasteiger partial charge in [0, 0.05) is 38.0 Å². The summed E-state index contributed by atoms with van der Waals surface area (Å²) in [5.74, 6) is 0.638. The fourth-order valence-electron chi connectivity index (χ4n) is 3.55. The summed E-state index contributed by atoms with van der Waals surface area (Å²) in [7, 11) is 0. The molecule has 1 atom stereocenters. The van der Waals surface area contributed by atoms with E-state index < -0.39 is 0 Å². The zero-order valence-corrected chi connectivity index (χ0v) is 15.6. The molecular formula is C18H24N4O2S. The Bertz CT molecular complexity index is 713. The van der Waals surface area contributed by atoms with Crippen molar-refractivity contribution in [1.82, 2.24) is 9.80 Å². The zero-order chi connectivity index (χ0) is 18.0. The van der Waals surface area contributed by atoms with Crippen molar-refractivity contribution >= 4 is 28.2 Å². The molecule has 0 bridgehead atoms. The summed E-state index contributed by atoms with van der Waals surface area (Å²) >= 11 is 1.56. The molecule has 0 aromatic carbocycles. The van der Waals surface area contributed by atoms with Crippen LogP contribution >= 0.6 is 11.3 Å². The molecule has 1 aliphatic carbocycles. The van der Waals surface area contributed by atoms with E-state index in [1.807, 2.05) is 0 Å². The van der Waals surface area contributed by atoms with Crippen LogP contribution in [-0.4, -0.2) is 54.3 Å². The summed E-state index contributed by atoms with van der Waals surface area (Å²) in [6.45, 7) is 6.84. The molecule has 7 heteroatoms. The molecular weight excluding hydrogens is 336 g/mol. The number of amides is 2. The number of hydrogen-bond donors (Lipinski definition) is 1. The number of nitrogens with one attached hydrogen (secondary N) is 1. The number of nitriles is 1. The smallest absolute Gasteiger partial charge is 0.239 e. The second kappa shape index (κ2) is 7.54. The summed E-state index contributed by atoms with van der Waals surface area (Å²) in [5.41, 5.74) is 1.79. The van der Waals surface area contributed by atoms with Crippen molar-refractivity contribution in [3.8, 4) is 6.07 Å². The Hall–Kier alpha value is -1.91. The molecule has 3 rings (SSSR count). The lowest BCUT2D eigenvalue weighted by Crippen LogP contribution is -2.49. The maximum Gasteiger partial charge on any atom is 0.239 e. The quantitative estimate of drug-likeness (QED) is 0.892. The van der Waals surface area contributed by atoms with Crippen LogP contribution in [0.2, 0.25) is 0 Å². The summed E-state index contributed by atoms with van der Waals surface area (Å²) in [5, 5.41) is 13.2. The lowest BCUT2D eigenvalue weighted by Gasteiger charge is -2.33. The first-order chi connectivity index (χ1) is 12.0. The van der Waals surface area contributed by atoms with Crippen molar-refractivity contribution < 1.29 is 9.59 Å². The minimum atomic E-state index is -0.0839. The molecule has 0 radical (unpaired) electrons. The van der Waals surface area contributed by atoms with Crippen LogP contribution < -0.4 is 5.32 Å². The average Bonchev–Trinajstić information content (AvgIpc) is 2.90. The SMILES string of the molecule is CC(=O)N1CCN(CC(=O)Nc2sc3c(c2C#N)CC[C@@H](C)C3)CC1. The zero-order valence-electron chi connectivity index (χ0n) is 14.8. The van der Waals surface area contributed by atoms with E-state index in [0.717, 1.165) is 24.8 Å². The van der Waals surface area contributed by atoms with E-state index in [2.05, 4.69) is 23.2 Å². The van der Waals surface area contributed by atoms with Crippen LogP contribution in [0.1, 0.15) is 36.3 Å². The number of nitrogens with zero attached hydrogens (tertiary/aromatic N) is 3. The Morgan fingerprint density at radius 1 is 1.32 bits per heavy atom. The monoisotopic (exact) mass is 360 g/mol. The highest BCUT2D eigenvalue weighted by atomic mass is 32.1. The van der Waals surface area contributed by atoms with Crippen LogP contribution in [0.25, 0.3) is 0 Å². The van der Waals surface area contributed by atoms with E-state index in [1.165, 1.54) is 4.88 Å². The Labute approximate surface area is 152 Å². The summed E-state index contributed by atoms with van der Waals surface area (Å²) in [4.78, 5) is 28.9. The fraction of sp³-hybridized carbons (Fsp3) is 0.611. The molecule has 0 saturated carbocycles. The molecule has 2 aliphatic rings. The molecule has 134 valence electrons. The van der Waals surface area contributed by atoms with Crippen LogP contribution in [0.5, 0.6) is 0 Å². The molecule has 6 nitrogen and oxygen atoms in total. The average molecular weight is 360 g/mol. The maximum absolute atomic E-state index is 12.4. The van der Waals surface area contributed by atoms with Gasteiger partial charge in [-0.2, -0.15) is 5.26 Å². The van der Waals surface area contributed by atoms with Crippen molar-refractivity contribution in [2.24, 2.45) is 5.92 Å². The number of carbonyl (C=O) groups excluding carboxylic acids is 2. The van der Waals surface area contributed by atoms with Crippen LogP contribution in [0.3, 0.4) is 0 Å². The molecule has 2 amide bonds. The van der Waals surface area contributed by atoms with Gasteiger partial charge in [0.2, 0.25) is 11.8 Å². The van der Waals surface area contributed by atoms with Gasteiger partial charge in [0.15, 0.2) is 0 Å². The van der Waals surface area contributed by atoms with Crippen molar-refractivity contribution in [3.05, 3.63) is 16.0 Å². The van der Waals surface area contributed by atoms with Crippen LogP contribution in [0, 0.1) is 17.2 Å². The number of anilines is 1. The summed E-state index contributed by atoms with van der Waals surface area (Å²) in [6.07, 6.45) is 3.03. The molecule has 1 aromatic heterocycles.